The van der Waals surface area contributed by atoms with Crippen molar-refractivity contribution in [3.8, 4) is 0 Å². The summed E-state index contributed by atoms with van der Waals surface area (Å²) >= 11 is 0. The van der Waals surface area contributed by atoms with E-state index in [1.54, 1.807) is 60.6 Å². The molecule has 0 bridgehead atoms. The maximum absolute atomic E-state index is 12.8. The minimum atomic E-state index is -1.13. The molecule has 0 spiro atoms. The van der Waals surface area contributed by atoms with E-state index in [4.69, 9.17) is 14.2 Å². The lowest BCUT2D eigenvalue weighted by Gasteiger charge is -2.26. The van der Waals surface area contributed by atoms with Crippen molar-refractivity contribution < 1.29 is 28.6 Å². The van der Waals surface area contributed by atoms with Gasteiger partial charge in [0, 0.05) is 12.5 Å². The van der Waals surface area contributed by atoms with Gasteiger partial charge in [-0.1, -0.05) is 6.07 Å². The van der Waals surface area contributed by atoms with Crippen LogP contribution in [0.2, 0.25) is 0 Å². The summed E-state index contributed by atoms with van der Waals surface area (Å²) in [7, 11) is 0. The fourth-order valence-electron chi connectivity index (χ4n) is 2.55. The summed E-state index contributed by atoms with van der Waals surface area (Å²) < 4.78 is 15.5. The van der Waals surface area contributed by atoms with E-state index in [-0.39, 0.29) is 18.7 Å². The SMILES string of the molecule is CCOC(=O)/C=C/c1ccc(N=O)c(C[C@H](NC(=O)OC(C)(C)C)C(=O)OC(C)(C)C)c1. The molecule has 0 heterocycles. The molecule has 0 aromatic heterocycles. The summed E-state index contributed by atoms with van der Waals surface area (Å²) in [5.74, 6) is -1.20. The topological polar surface area (TPSA) is 120 Å². The standard InChI is InChI=1S/C23H32N2O7/c1-8-30-19(26)12-10-15-9-11-17(25-29)16(13-15)14-18(20(27)31-22(2,3)4)24-21(28)32-23(5,6)7/h9-13,18H,8,14H2,1-7H3,(H,24,28)/b12-10+/t18-/m0/s1. The molecule has 1 rings (SSSR count). The van der Waals surface area contributed by atoms with Crippen molar-refractivity contribution in [2.45, 2.75) is 72.1 Å². The summed E-state index contributed by atoms with van der Waals surface area (Å²) in [6.07, 6.45) is 1.89. The molecular weight excluding hydrogens is 416 g/mol. The third-order valence-electron chi connectivity index (χ3n) is 3.71. The molecule has 1 atom stereocenters. The summed E-state index contributed by atoms with van der Waals surface area (Å²) in [5, 5.41) is 5.51. The van der Waals surface area contributed by atoms with Gasteiger partial charge in [0.1, 0.15) is 22.9 Å². The van der Waals surface area contributed by atoms with E-state index in [9.17, 15) is 19.3 Å². The Hall–Kier alpha value is -3.23. The smallest absolute Gasteiger partial charge is 0.408 e. The molecule has 0 radical (unpaired) electrons. The molecule has 0 fully saturated rings. The largest absolute Gasteiger partial charge is 0.463 e. The first-order valence-corrected chi connectivity index (χ1v) is 10.3. The maximum Gasteiger partial charge on any atom is 0.408 e. The van der Waals surface area contributed by atoms with Crippen LogP contribution in [0.25, 0.3) is 6.08 Å². The van der Waals surface area contributed by atoms with Crippen LogP contribution in [0.15, 0.2) is 29.5 Å². The van der Waals surface area contributed by atoms with Crippen molar-refractivity contribution in [2.24, 2.45) is 5.18 Å². The number of nitrogens with zero attached hydrogens (tertiary/aromatic N) is 1. The van der Waals surface area contributed by atoms with Crippen molar-refractivity contribution in [2.75, 3.05) is 6.61 Å². The molecule has 1 N–H and O–H groups in total. The van der Waals surface area contributed by atoms with Gasteiger partial charge in [0.25, 0.3) is 0 Å². The summed E-state index contributed by atoms with van der Waals surface area (Å²) in [6, 6.07) is 3.53. The molecule has 1 aromatic carbocycles. The van der Waals surface area contributed by atoms with E-state index < -0.39 is 35.3 Å². The second-order valence-corrected chi connectivity index (χ2v) is 9.00. The van der Waals surface area contributed by atoms with E-state index >= 15 is 0 Å². The van der Waals surface area contributed by atoms with Crippen LogP contribution in [-0.4, -0.2) is 41.9 Å². The number of rotatable bonds is 8. The highest BCUT2D eigenvalue weighted by molar-refractivity contribution is 5.87. The van der Waals surface area contributed by atoms with Gasteiger partial charge in [0.15, 0.2) is 0 Å². The second kappa shape index (κ2) is 11.4. The quantitative estimate of drug-likeness (QED) is 0.270. The third kappa shape index (κ3) is 10.2. The molecule has 0 aliphatic carbocycles. The number of hydrogen-bond donors (Lipinski definition) is 1. The molecule has 176 valence electrons. The van der Waals surface area contributed by atoms with Gasteiger partial charge in [-0.3, -0.25) is 0 Å². The molecule has 0 aliphatic heterocycles. The van der Waals surface area contributed by atoms with Gasteiger partial charge in [-0.2, -0.15) is 0 Å². The lowest BCUT2D eigenvalue weighted by molar-refractivity contribution is -0.157. The Bertz CT molecular complexity index is 864. The maximum atomic E-state index is 12.8. The number of benzene rings is 1. The van der Waals surface area contributed by atoms with E-state index in [1.807, 2.05) is 0 Å². The highest BCUT2D eigenvalue weighted by Crippen LogP contribution is 2.24. The van der Waals surface area contributed by atoms with Crippen LogP contribution in [0.4, 0.5) is 10.5 Å². The Morgan fingerprint density at radius 1 is 1.06 bits per heavy atom. The molecule has 9 heteroatoms. The molecular formula is C23H32N2O7. The van der Waals surface area contributed by atoms with Crippen LogP contribution in [0, 0.1) is 4.91 Å². The monoisotopic (exact) mass is 448 g/mol. The number of alkyl carbamates (subject to hydrolysis) is 1. The Labute approximate surface area is 188 Å². The Kier molecular flexibility index (Phi) is 9.55. The Morgan fingerprint density at radius 2 is 1.69 bits per heavy atom. The molecule has 9 nitrogen and oxygen atoms in total. The van der Waals surface area contributed by atoms with Gasteiger partial charge < -0.3 is 19.5 Å². The number of nitrogens with one attached hydrogen (secondary N) is 1. The van der Waals surface area contributed by atoms with Gasteiger partial charge in [0.2, 0.25) is 0 Å². The highest BCUT2D eigenvalue weighted by Gasteiger charge is 2.29. The fourth-order valence-corrected chi connectivity index (χ4v) is 2.55. The second-order valence-electron chi connectivity index (χ2n) is 9.00. The first-order chi connectivity index (χ1) is 14.7. The molecule has 1 aromatic rings. The summed E-state index contributed by atoms with van der Waals surface area (Å²) in [4.78, 5) is 47.9. The summed E-state index contributed by atoms with van der Waals surface area (Å²) in [5.41, 5.74) is -0.493. The minimum absolute atomic E-state index is 0.0731. The molecule has 0 aliphatic rings. The first-order valence-electron chi connectivity index (χ1n) is 10.3. The first kappa shape index (κ1) is 26.8. The van der Waals surface area contributed by atoms with Gasteiger partial charge in [-0.25, -0.2) is 14.4 Å². The highest BCUT2D eigenvalue weighted by atomic mass is 16.6. The number of esters is 2. The molecule has 1 amide bonds. The average molecular weight is 449 g/mol. The van der Waals surface area contributed by atoms with Crippen LogP contribution in [-0.2, 0) is 30.2 Å². The zero-order valence-electron chi connectivity index (χ0n) is 19.7. The van der Waals surface area contributed by atoms with E-state index in [1.165, 1.54) is 18.2 Å². The molecule has 0 saturated carbocycles. The van der Waals surface area contributed by atoms with Crippen molar-refractivity contribution >= 4 is 29.8 Å². The number of ether oxygens (including phenoxy) is 3. The normalized spacial score (nSPS) is 12.7. The van der Waals surface area contributed by atoms with Crippen LogP contribution >= 0.6 is 0 Å². The minimum Gasteiger partial charge on any atom is -0.463 e. The van der Waals surface area contributed by atoms with Gasteiger partial charge in [-0.05, 0) is 83.0 Å². The predicted octanol–water partition coefficient (Wildman–Crippen LogP) is 4.44. The molecule has 32 heavy (non-hydrogen) atoms. The van der Waals surface area contributed by atoms with E-state index in [2.05, 4.69) is 10.5 Å². The average Bonchev–Trinajstić information content (AvgIpc) is 2.63. The Balaban J connectivity index is 3.21. The van der Waals surface area contributed by atoms with Crippen LogP contribution < -0.4 is 5.32 Å². The molecule has 0 unspecified atom stereocenters. The number of nitroso groups, excluding NO2 is 1. The molecule has 0 saturated heterocycles. The van der Waals surface area contributed by atoms with Crippen molar-refractivity contribution in [1.29, 1.82) is 0 Å². The fraction of sp³-hybridized carbons (Fsp3) is 0.522. The van der Waals surface area contributed by atoms with Crippen molar-refractivity contribution in [3.63, 3.8) is 0 Å². The van der Waals surface area contributed by atoms with E-state index in [0.29, 0.717) is 11.1 Å². The third-order valence-corrected chi connectivity index (χ3v) is 3.71. The van der Waals surface area contributed by atoms with Crippen molar-refractivity contribution in [1.82, 2.24) is 5.32 Å². The van der Waals surface area contributed by atoms with Gasteiger partial charge >= 0.3 is 18.0 Å². The van der Waals surface area contributed by atoms with Crippen LogP contribution in [0.3, 0.4) is 0 Å². The number of hydrogen-bond acceptors (Lipinski definition) is 8. The van der Waals surface area contributed by atoms with Crippen molar-refractivity contribution in [3.05, 3.63) is 40.3 Å². The predicted molar refractivity (Wildman–Crippen MR) is 120 cm³/mol. The van der Waals surface area contributed by atoms with Gasteiger partial charge in [-0.15, -0.1) is 4.91 Å². The number of amides is 1. The zero-order chi connectivity index (χ0) is 24.5. The lowest BCUT2D eigenvalue weighted by Crippen LogP contribution is -2.47. The van der Waals surface area contributed by atoms with E-state index in [0.717, 1.165) is 0 Å². The zero-order valence-corrected chi connectivity index (χ0v) is 19.7. The number of carbonyl (C=O) groups is 3. The Morgan fingerprint density at radius 3 is 2.22 bits per heavy atom. The lowest BCUT2D eigenvalue weighted by atomic mass is 10.0. The number of carbonyl (C=O) groups excluding carboxylic acids is 3. The van der Waals surface area contributed by atoms with Crippen LogP contribution in [0.5, 0.6) is 0 Å². The van der Waals surface area contributed by atoms with Gasteiger partial charge in [0.05, 0.1) is 6.61 Å². The summed E-state index contributed by atoms with van der Waals surface area (Å²) in [6.45, 7) is 12.1. The van der Waals surface area contributed by atoms with Crippen LogP contribution in [0.1, 0.15) is 59.6 Å².